The van der Waals surface area contributed by atoms with Gasteiger partial charge in [-0.2, -0.15) is 4.31 Å². The lowest BCUT2D eigenvalue weighted by Crippen LogP contribution is -2.51. The third-order valence-electron chi connectivity index (χ3n) is 13.1. The lowest BCUT2D eigenvalue weighted by Gasteiger charge is -2.57. The highest BCUT2D eigenvalue weighted by Crippen LogP contribution is 2.63. The van der Waals surface area contributed by atoms with Gasteiger partial charge >= 0.3 is 12.1 Å². The summed E-state index contributed by atoms with van der Waals surface area (Å²) < 4.78 is 40.4. The molecule has 8 nitrogen and oxygen atoms in total. The number of hydrogen-bond donors (Lipinski definition) is 0. The quantitative estimate of drug-likeness (QED) is 0.198. The van der Waals surface area contributed by atoms with E-state index in [0.29, 0.717) is 17.9 Å². The van der Waals surface area contributed by atoms with Gasteiger partial charge in [0.05, 0.1) is 17.4 Å². The summed E-state index contributed by atoms with van der Waals surface area (Å²) in [5.74, 6) is 3.17. The zero-order chi connectivity index (χ0) is 34.1. The molecule has 1 heterocycles. The first kappa shape index (κ1) is 34.1. The Balaban J connectivity index is 1.04. The largest absolute Gasteiger partial charge is 0.465 e. The van der Waals surface area contributed by atoms with Gasteiger partial charge in [0.25, 0.3) is 0 Å². The van der Waals surface area contributed by atoms with Crippen LogP contribution >= 0.6 is 0 Å². The van der Waals surface area contributed by atoms with E-state index in [1.807, 2.05) is 32.9 Å². The fourth-order valence-corrected chi connectivity index (χ4v) is 12.3. The van der Waals surface area contributed by atoms with Crippen molar-refractivity contribution in [3.63, 3.8) is 0 Å². The van der Waals surface area contributed by atoms with Gasteiger partial charge in [-0.3, -0.25) is 4.79 Å². The fourth-order valence-electron chi connectivity index (χ4n) is 10.9. The van der Waals surface area contributed by atoms with E-state index in [2.05, 4.69) is 19.9 Å². The van der Waals surface area contributed by atoms with Crippen molar-refractivity contribution in [1.29, 1.82) is 0 Å². The number of rotatable bonds is 9. The van der Waals surface area contributed by atoms with Crippen molar-refractivity contribution in [3.05, 3.63) is 41.5 Å². The summed E-state index contributed by atoms with van der Waals surface area (Å²) in [4.78, 5) is 28.3. The number of benzene rings is 1. The van der Waals surface area contributed by atoms with E-state index < -0.39 is 27.6 Å². The number of carbonyl (C=O) groups is 2. The number of allylic oxidation sites excluding steroid dienone is 1. The summed E-state index contributed by atoms with van der Waals surface area (Å²) in [6.07, 6.45) is 13.6. The van der Waals surface area contributed by atoms with E-state index in [0.717, 1.165) is 48.5 Å². The van der Waals surface area contributed by atoms with Gasteiger partial charge in [-0.1, -0.05) is 37.6 Å². The highest BCUT2D eigenvalue weighted by molar-refractivity contribution is 7.89. The second-order valence-electron chi connectivity index (χ2n) is 17.9. The Hall–Kier alpha value is -2.39. The summed E-state index contributed by atoms with van der Waals surface area (Å²) in [5.41, 5.74) is 2.22. The van der Waals surface area contributed by atoms with Gasteiger partial charge in [0.15, 0.2) is 0 Å². The maximum absolute atomic E-state index is 14.0. The Kier molecular flexibility index (Phi) is 8.83. The average Bonchev–Trinajstić information content (AvgIpc) is 3.02. The van der Waals surface area contributed by atoms with Crippen LogP contribution in [0.3, 0.4) is 0 Å². The number of ether oxygens (including phenoxy) is 2. The van der Waals surface area contributed by atoms with E-state index in [-0.39, 0.29) is 42.5 Å². The van der Waals surface area contributed by atoms with Crippen LogP contribution in [0.4, 0.5) is 4.79 Å². The van der Waals surface area contributed by atoms with E-state index in [1.54, 1.807) is 17.0 Å². The molecule has 9 heteroatoms. The summed E-state index contributed by atoms with van der Waals surface area (Å²) in [7, 11) is -3.76. The number of amides is 1. The summed E-state index contributed by atoms with van der Waals surface area (Å²) in [6.45, 7) is 11.6. The minimum atomic E-state index is -3.76. The van der Waals surface area contributed by atoms with Crippen molar-refractivity contribution >= 4 is 22.1 Å². The molecule has 3 atom stereocenters. The first-order valence-electron chi connectivity index (χ1n) is 18.6. The Labute approximate surface area is 288 Å². The topological polar surface area (TPSA) is 93.2 Å². The number of piperazine rings is 1. The third kappa shape index (κ3) is 6.59. The summed E-state index contributed by atoms with van der Waals surface area (Å²) in [5, 5.41) is 0. The Bertz CT molecular complexity index is 1500. The zero-order valence-electron chi connectivity index (χ0n) is 29.7. The maximum atomic E-state index is 14.0. The highest BCUT2D eigenvalue weighted by Gasteiger charge is 2.53. The lowest BCUT2D eigenvalue weighted by atomic mass is 9.48. The molecule has 6 bridgehead atoms. The highest BCUT2D eigenvalue weighted by atomic mass is 32.2. The van der Waals surface area contributed by atoms with Crippen molar-refractivity contribution in [1.82, 2.24) is 9.21 Å². The van der Waals surface area contributed by atoms with Crippen LogP contribution in [-0.2, 0) is 24.3 Å². The van der Waals surface area contributed by atoms with Crippen molar-refractivity contribution < 1.29 is 27.5 Å². The van der Waals surface area contributed by atoms with Crippen LogP contribution in [-0.4, -0.2) is 68.1 Å². The Morgan fingerprint density at radius 3 is 2.06 bits per heavy atom. The minimum absolute atomic E-state index is 0.165. The molecular formula is C39H56N2O6S. The smallest absolute Gasteiger partial charge is 0.410 e. The van der Waals surface area contributed by atoms with Gasteiger partial charge in [-0.25, -0.2) is 13.2 Å². The van der Waals surface area contributed by atoms with Gasteiger partial charge in [0.2, 0.25) is 10.0 Å². The Morgan fingerprint density at radius 1 is 0.917 bits per heavy atom. The number of esters is 1. The minimum Gasteiger partial charge on any atom is -0.465 e. The van der Waals surface area contributed by atoms with Crippen LogP contribution in [0, 0.1) is 40.4 Å². The number of nitrogens with zero attached hydrogens (tertiary/aromatic N) is 2. The Morgan fingerprint density at radius 2 is 1.52 bits per heavy atom. The molecule has 48 heavy (non-hydrogen) atoms. The fraction of sp³-hybridized carbons (Fsp3) is 0.744. The monoisotopic (exact) mass is 680 g/mol. The van der Waals surface area contributed by atoms with E-state index in [4.69, 9.17) is 9.47 Å². The van der Waals surface area contributed by atoms with Gasteiger partial charge in [-0.15, -0.1) is 0 Å². The second-order valence-corrected chi connectivity index (χ2v) is 19.8. The zero-order valence-corrected chi connectivity index (χ0v) is 30.5. The van der Waals surface area contributed by atoms with Gasteiger partial charge < -0.3 is 14.4 Å². The molecule has 7 aliphatic carbocycles. The van der Waals surface area contributed by atoms with Gasteiger partial charge in [0.1, 0.15) is 5.60 Å². The number of carbonyl (C=O) groups excluding carboxylic acids is 2. The SMILES string of the molecule is CC(C)(C)OC(=O)N1CCN(S(=O)(=O)c2ccc(C(CC34CC5CC(CC(C5)C3)C4)C(=O)OCCC3=CC[C@@H]4C[C@H]3C4(C)C)cc2)CC1. The maximum Gasteiger partial charge on any atom is 0.410 e. The van der Waals surface area contributed by atoms with Crippen molar-refractivity contribution in [2.45, 2.75) is 115 Å². The van der Waals surface area contributed by atoms with Crippen LogP contribution in [0.5, 0.6) is 0 Å². The first-order chi connectivity index (χ1) is 22.6. The molecule has 1 aliphatic heterocycles. The molecule has 0 spiro atoms. The normalized spacial score (nSPS) is 33.1. The molecule has 1 saturated heterocycles. The second kappa shape index (κ2) is 12.4. The molecule has 264 valence electrons. The van der Waals surface area contributed by atoms with E-state index >= 15 is 0 Å². The van der Waals surface area contributed by atoms with Gasteiger partial charge in [-0.05, 0) is 137 Å². The third-order valence-corrected chi connectivity index (χ3v) is 15.0. The molecule has 0 radical (unpaired) electrons. The molecular weight excluding hydrogens is 625 g/mol. The van der Waals surface area contributed by atoms with Crippen molar-refractivity contribution in [2.75, 3.05) is 32.8 Å². The summed E-state index contributed by atoms with van der Waals surface area (Å²) >= 11 is 0. The lowest BCUT2D eigenvalue weighted by molar-refractivity contribution is -0.148. The number of hydrogen-bond acceptors (Lipinski definition) is 6. The van der Waals surface area contributed by atoms with Gasteiger partial charge in [0, 0.05) is 32.6 Å². The standard InChI is InChI=1S/C39H56N2O6S/c1-37(2,3)47-36(43)40-13-15-41(16-14-40)48(44,45)32-10-7-29(8-11-32)33(25-39-22-26-18-27(23-39)20-28(19-26)24-39)35(42)46-17-12-30-6-9-31-21-34(30)38(31,4)5/h6-8,10-11,26-28,31,33-34H,9,12-25H2,1-5H3/t26?,27?,28?,31-,33?,34-,39?/m1/s1. The molecule has 6 fully saturated rings. The average molecular weight is 681 g/mol. The van der Waals surface area contributed by atoms with E-state index in [9.17, 15) is 18.0 Å². The first-order valence-corrected chi connectivity index (χ1v) is 20.0. The molecule has 1 aromatic rings. The van der Waals surface area contributed by atoms with Crippen LogP contribution in [0.15, 0.2) is 40.8 Å². The van der Waals surface area contributed by atoms with Crippen molar-refractivity contribution in [3.8, 4) is 0 Å². The van der Waals surface area contributed by atoms with Crippen LogP contribution in [0.2, 0.25) is 0 Å². The molecule has 1 unspecified atom stereocenters. The predicted octanol–water partition coefficient (Wildman–Crippen LogP) is 7.54. The van der Waals surface area contributed by atoms with Crippen LogP contribution in [0.25, 0.3) is 0 Å². The molecule has 1 amide bonds. The molecule has 8 aliphatic rings. The summed E-state index contributed by atoms with van der Waals surface area (Å²) in [6, 6.07) is 7.01. The molecule has 0 aromatic heterocycles. The number of sulfonamides is 1. The molecule has 9 rings (SSSR count). The van der Waals surface area contributed by atoms with Crippen molar-refractivity contribution in [2.24, 2.45) is 40.4 Å². The van der Waals surface area contributed by atoms with E-state index in [1.165, 1.54) is 54.8 Å². The molecule has 0 N–H and O–H groups in total. The van der Waals surface area contributed by atoms with Crippen LogP contribution in [0.1, 0.15) is 110 Å². The number of fused-ring (bicyclic) bond motifs is 1. The van der Waals surface area contributed by atoms with Crippen LogP contribution < -0.4 is 0 Å². The molecule has 5 saturated carbocycles. The predicted molar refractivity (Wildman–Crippen MR) is 185 cm³/mol. The molecule has 1 aromatic carbocycles.